The summed E-state index contributed by atoms with van der Waals surface area (Å²) in [5.41, 5.74) is 2.38. The van der Waals surface area contributed by atoms with E-state index in [0.29, 0.717) is 24.3 Å². The van der Waals surface area contributed by atoms with Gasteiger partial charge in [-0.2, -0.15) is 0 Å². The van der Waals surface area contributed by atoms with Gasteiger partial charge in [-0.05, 0) is 35.2 Å². The zero-order chi connectivity index (χ0) is 26.6. The molecule has 0 radical (unpaired) electrons. The molecule has 0 aliphatic carbocycles. The average Bonchev–Trinajstić information content (AvgIpc) is 2.91. The molecule has 3 aromatic carbocycles. The molecule has 7 heteroatoms. The Hall–Kier alpha value is -3.32. The molecule has 196 valence electrons. The molecular formula is C30H35FN2O3S. The van der Waals surface area contributed by atoms with Gasteiger partial charge in [0.2, 0.25) is 11.8 Å². The Morgan fingerprint density at radius 3 is 2.27 bits per heavy atom. The van der Waals surface area contributed by atoms with E-state index in [4.69, 9.17) is 4.74 Å². The molecular weight excluding hydrogens is 487 g/mol. The number of benzene rings is 3. The van der Waals surface area contributed by atoms with E-state index in [0.717, 1.165) is 16.9 Å². The topological polar surface area (TPSA) is 58.6 Å². The SMILES string of the molecule is COc1ccc(CSCC(=O)N(Cc2ccccc2F)C(Cc2ccccc2)C(=O)NCC(C)C)cc1. The minimum atomic E-state index is -0.769. The van der Waals surface area contributed by atoms with Crippen LogP contribution in [0.2, 0.25) is 0 Å². The lowest BCUT2D eigenvalue weighted by atomic mass is 10.0. The monoisotopic (exact) mass is 522 g/mol. The van der Waals surface area contributed by atoms with Crippen molar-refractivity contribution in [3.05, 3.63) is 101 Å². The lowest BCUT2D eigenvalue weighted by Crippen LogP contribution is -2.51. The van der Waals surface area contributed by atoms with Gasteiger partial charge in [0.1, 0.15) is 17.6 Å². The van der Waals surface area contributed by atoms with E-state index in [-0.39, 0.29) is 30.0 Å². The number of ether oxygens (including phenoxy) is 1. The van der Waals surface area contributed by atoms with Crippen LogP contribution in [0.4, 0.5) is 4.39 Å². The smallest absolute Gasteiger partial charge is 0.243 e. The van der Waals surface area contributed by atoms with Crippen molar-refractivity contribution in [2.75, 3.05) is 19.4 Å². The van der Waals surface area contributed by atoms with Crippen LogP contribution in [-0.4, -0.2) is 42.2 Å². The van der Waals surface area contributed by atoms with Crippen molar-refractivity contribution in [3.8, 4) is 5.75 Å². The van der Waals surface area contributed by atoms with Gasteiger partial charge in [0, 0.05) is 30.8 Å². The van der Waals surface area contributed by atoms with Crippen molar-refractivity contribution < 1.29 is 18.7 Å². The van der Waals surface area contributed by atoms with Gasteiger partial charge in [-0.3, -0.25) is 9.59 Å². The van der Waals surface area contributed by atoms with Crippen molar-refractivity contribution in [2.45, 2.75) is 38.6 Å². The number of hydrogen-bond acceptors (Lipinski definition) is 4. The van der Waals surface area contributed by atoms with Crippen molar-refractivity contribution in [1.29, 1.82) is 0 Å². The van der Waals surface area contributed by atoms with Gasteiger partial charge < -0.3 is 15.0 Å². The maximum atomic E-state index is 14.6. The molecule has 2 amide bonds. The second-order valence-electron chi connectivity index (χ2n) is 9.30. The Morgan fingerprint density at radius 2 is 1.62 bits per heavy atom. The number of carbonyl (C=O) groups excluding carboxylic acids is 2. The van der Waals surface area contributed by atoms with Crippen LogP contribution >= 0.6 is 11.8 Å². The molecule has 1 unspecified atom stereocenters. The largest absolute Gasteiger partial charge is 0.497 e. The van der Waals surface area contributed by atoms with Crippen LogP contribution in [0.15, 0.2) is 78.9 Å². The normalized spacial score (nSPS) is 11.7. The molecule has 0 aliphatic rings. The average molecular weight is 523 g/mol. The van der Waals surface area contributed by atoms with Crippen molar-refractivity contribution in [3.63, 3.8) is 0 Å². The zero-order valence-electron chi connectivity index (χ0n) is 21.7. The molecule has 0 saturated heterocycles. The number of thioether (sulfide) groups is 1. The summed E-state index contributed by atoms with van der Waals surface area (Å²) >= 11 is 1.47. The molecule has 0 saturated carbocycles. The summed E-state index contributed by atoms with van der Waals surface area (Å²) in [5.74, 6) is 1.00. The van der Waals surface area contributed by atoms with Crippen LogP contribution in [0.3, 0.4) is 0 Å². The first-order chi connectivity index (χ1) is 17.9. The summed E-state index contributed by atoms with van der Waals surface area (Å²) in [5, 5.41) is 2.99. The van der Waals surface area contributed by atoms with E-state index in [1.165, 1.54) is 22.7 Å². The van der Waals surface area contributed by atoms with E-state index >= 15 is 0 Å². The highest BCUT2D eigenvalue weighted by molar-refractivity contribution is 7.99. The summed E-state index contributed by atoms with van der Waals surface area (Å²) < 4.78 is 19.8. The highest BCUT2D eigenvalue weighted by Gasteiger charge is 2.30. The number of carbonyl (C=O) groups is 2. The molecule has 0 aromatic heterocycles. The second-order valence-corrected chi connectivity index (χ2v) is 10.3. The molecule has 0 bridgehead atoms. The molecule has 1 atom stereocenters. The fourth-order valence-corrected chi connectivity index (χ4v) is 4.72. The third kappa shape index (κ3) is 8.93. The van der Waals surface area contributed by atoms with Gasteiger partial charge in [-0.1, -0.05) is 74.5 Å². The van der Waals surface area contributed by atoms with Crippen LogP contribution in [-0.2, 0) is 28.3 Å². The van der Waals surface area contributed by atoms with Crippen molar-refractivity contribution >= 4 is 23.6 Å². The summed E-state index contributed by atoms with van der Waals surface area (Å²) in [6, 6.07) is 22.9. The number of methoxy groups -OCH3 is 1. The highest BCUT2D eigenvalue weighted by atomic mass is 32.2. The van der Waals surface area contributed by atoms with Gasteiger partial charge in [0.15, 0.2) is 0 Å². The molecule has 0 heterocycles. The van der Waals surface area contributed by atoms with Crippen LogP contribution in [0.1, 0.15) is 30.5 Å². The molecule has 3 aromatic rings. The number of nitrogens with zero attached hydrogens (tertiary/aromatic N) is 1. The van der Waals surface area contributed by atoms with Gasteiger partial charge in [-0.25, -0.2) is 4.39 Å². The number of nitrogens with one attached hydrogen (secondary N) is 1. The first-order valence-electron chi connectivity index (χ1n) is 12.4. The molecule has 0 fully saturated rings. The van der Waals surface area contributed by atoms with E-state index in [1.54, 1.807) is 25.3 Å². The lowest BCUT2D eigenvalue weighted by molar-refractivity contribution is -0.139. The molecule has 5 nitrogen and oxygen atoms in total. The van der Waals surface area contributed by atoms with Gasteiger partial charge in [0.25, 0.3) is 0 Å². The number of amides is 2. The fraction of sp³-hybridized carbons (Fsp3) is 0.333. The summed E-state index contributed by atoms with van der Waals surface area (Å²) in [6.07, 6.45) is 0.341. The minimum absolute atomic E-state index is 0.0151. The third-order valence-electron chi connectivity index (χ3n) is 5.91. The lowest BCUT2D eigenvalue weighted by Gasteiger charge is -2.32. The summed E-state index contributed by atoms with van der Waals surface area (Å²) in [7, 11) is 1.62. The van der Waals surface area contributed by atoms with Crippen molar-refractivity contribution in [2.24, 2.45) is 5.92 Å². The molecule has 0 spiro atoms. The van der Waals surface area contributed by atoms with Crippen LogP contribution in [0.5, 0.6) is 5.75 Å². The Balaban J connectivity index is 1.83. The molecule has 1 N–H and O–H groups in total. The quantitative estimate of drug-likeness (QED) is 0.323. The minimum Gasteiger partial charge on any atom is -0.497 e. The summed E-state index contributed by atoms with van der Waals surface area (Å²) in [4.78, 5) is 28.5. The first kappa shape index (κ1) is 28.3. The Kier molecular flexibility index (Phi) is 11.0. The molecule has 37 heavy (non-hydrogen) atoms. The van der Waals surface area contributed by atoms with Gasteiger partial charge >= 0.3 is 0 Å². The maximum Gasteiger partial charge on any atom is 0.243 e. The number of rotatable bonds is 13. The predicted octanol–water partition coefficient (Wildman–Crippen LogP) is 5.48. The summed E-state index contributed by atoms with van der Waals surface area (Å²) in [6.45, 7) is 4.55. The first-order valence-corrected chi connectivity index (χ1v) is 13.6. The zero-order valence-corrected chi connectivity index (χ0v) is 22.5. The molecule has 3 rings (SSSR count). The van der Waals surface area contributed by atoms with E-state index in [1.807, 2.05) is 68.4 Å². The van der Waals surface area contributed by atoms with Crippen molar-refractivity contribution in [1.82, 2.24) is 10.2 Å². The van der Waals surface area contributed by atoms with Gasteiger partial charge in [0.05, 0.1) is 12.9 Å². The number of halogens is 1. The van der Waals surface area contributed by atoms with Crippen LogP contribution in [0.25, 0.3) is 0 Å². The van der Waals surface area contributed by atoms with Crippen LogP contribution < -0.4 is 10.1 Å². The van der Waals surface area contributed by atoms with E-state index < -0.39 is 11.9 Å². The highest BCUT2D eigenvalue weighted by Crippen LogP contribution is 2.21. The van der Waals surface area contributed by atoms with Crippen LogP contribution in [0, 0.1) is 11.7 Å². The predicted molar refractivity (Wildman–Crippen MR) is 148 cm³/mol. The standard InChI is InChI=1S/C30H35FN2O3S/c1-22(2)18-32-30(35)28(17-23-9-5-4-6-10-23)33(19-25-11-7-8-12-27(25)31)29(34)21-37-20-24-13-15-26(36-3)16-14-24/h4-16,22,28H,17-21H2,1-3H3,(H,32,35). The fourth-order valence-electron chi connectivity index (χ4n) is 3.85. The van der Waals surface area contributed by atoms with E-state index in [9.17, 15) is 14.0 Å². The second kappa shape index (κ2) is 14.4. The Morgan fingerprint density at radius 1 is 0.946 bits per heavy atom. The Bertz CT molecular complexity index is 1140. The van der Waals surface area contributed by atoms with E-state index in [2.05, 4.69) is 5.32 Å². The Labute approximate surface area is 223 Å². The molecule has 0 aliphatic heterocycles. The third-order valence-corrected chi connectivity index (χ3v) is 6.90. The van der Waals surface area contributed by atoms with Gasteiger partial charge in [-0.15, -0.1) is 11.8 Å². The number of hydrogen-bond donors (Lipinski definition) is 1. The maximum absolute atomic E-state index is 14.6.